The maximum absolute atomic E-state index is 13.9. The van der Waals surface area contributed by atoms with Crippen molar-refractivity contribution in [2.45, 2.75) is 0 Å². The number of methoxy groups -OCH3 is 1. The van der Waals surface area contributed by atoms with Crippen LogP contribution in [-0.4, -0.2) is 44.1 Å². The number of carbonyl (C=O) groups excluding carboxylic acids is 1. The molecule has 4 nitrogen and oxygen atoms in total. The van der Waals surface area contributed by atoms with Crippen LogP contribution in [0.15, 0.2) is 18.2 Å². The van der Waals surface area contributed by atoms with E-state index in [4.69, 9.17) is 4.74 Å². The van der Waals surface area contributed by atoms with E-state index in [2.05, 4.69) is 5.32 Å². The van der Waals surface area contributed by atoms with Crippen molar-refractivity contribution >= 4 is 5.91 Å². The van der Waals surface area contributed by atoms with Crippen molar-refractivity contribution in [1.82, 2.24) is 10.2 Å². The SMILES string of the molecule is COc1cccc(F)c1C(=O)N1C[C@H]2CNC[C@H]2C1. The summed E-state index contributed by atoms with van der Waals surface area (Å²) in [7, 11) is 1.45. The lowest BCUT2D eigenvalue weighted by Crippen LogP contribution is -2.32. The fraction of sp³-hybridized carbons (Fsp3) is 0.500. The van der Waals surface area contributed by atoms with Crippen molar-refractivity contribution in [2.24, 2.45) is 11.8 Å². The quantitative estimate of drug-likeness (QED) is 0.870. The summed E-state index contributed by atoms with van der Waals surface area (Å²) in [5.74, 6) is 0.535. The Labute approximate surface area is 111 Å². The maximum atomic E-state index is 13.9. The Kier molecular flexibility index (Phi) is 3.14. The molecule has 2 atom stereocenters. The molecule has 5 heteroatoms. The number of ether oxygens (including phenoxy) is 1. The first-order valence-electron chi connectivity index (χ1n) is 6.53. The molecule has 2 aliphatic heterocycles. The topological polar surface area (TPSA) is 41.6 Å². The Morgan fingerprint density at radius 3 is 2.68 bits per heavy atom. The number of amides is 1. The summed E-state index contributed by atoms with van der Waals surface area (Å²) in [5, 5.41) is 3.32. The first kappa shape index (κ1) is 12.4. The van der Waals surface area contributed by atoms with Crippen LogP contribution in [0.5, 0.6) is 5.75 Å². The molecule has 0 spiro atoms. The average molecular weight is 264 g/mol. The summed E-state index contributed by atoms with van der Waals surface area (Å²) in [6.07, 6.45) is 0. The van der Waals surface area contributed by atoms with Gasteiger partial charge in [-0.05, 0) is 24.0 Å². The van der Waals surface area contributed by atoms with E-state index >= 15 is 0 Å². The van der Waals surface area contributed by atoms with Crippen LogP contribution in [0.3, 0.4) is 0 Å². The second-order valence-corrected chi connectivity index (χ2v) is 5.21. The van der Waals surface area contributed by atoms with E-state index in [0.29, 0.717) is 30.7 Å². The molecule has 1 aromatic carbocycles. The summed E-state index contributed by atoms with van der Waals surface area (Å²) < 4.78 is 19.0. The van der Waals surface area contributed by atoms with Crippen molar-refractivity contribution in [2.75, 3.05) is 33.3 Å². The Morgan fingerprint density at radius 1 is 1.37 bits per heavy atom. The molecule has 19 heavy (non-hydrogen) atoms. The van der Waals surface area contributed by atoms with Crippen LogP contribution in [-0.2, 0) is 0 Å². The zero-order valence-electron chi connectivity index (χ0n) is 10.9. The van der Waals surface area contributed by atoms with Gasteiger partial charge in [-0.3, -0.25) is 4.79 Å². The Morgan fingerprint density at radius 2 is 2.05 bits per heavy atom. The predicted molar refractivity (Wildman–Crippen MR) is 68.7 cm³/mol. The number of halogens is 1. The van der Waals surface area contributed by atoms with Gasteiger partial charge in [0.25, 0.3) is 5.91 Å². The first-order chi connectivity index (χ1) is 9.20. The third-order valence-electron chi connectivity index (χ3n) is 4.09. The highest BCUT2D eigenvalue weighted by Crippen LogP contribution is 2.30. The lowest BCUT2D eigenvalue weighted by Gasteiger charge is -2.19. The monoisotopic (exact) mass is 264 g/mol. The maximum Gasteiger partial charge on any atom is 0.260 e. The predicted octanol–water partition coefficient (Wildman–Crippen LogP) is 1.13. The fourth-order valence-electron chi connectivity index (χ4n) is 3.06. The fourth-order valence-corrected chi connectivity index (χ4v) is 3.06. The van der Waals surface area contributed by atoms with Crippen LogP contribution in [0.2, 0.25) is 0 Å². The van der Waals surface area contributed by atoms with Gasteiger partial charge in [0.15, 0.2) is 0 Å². The standard InChI is InChI=1S/C14H17FN2O2/c1-19-12-4-2-3-11(15)13(12)14(18)17-7-9-5-16-6-10(9)8-17/h2-4,9-10,16H,5-8H2,1H3/t9-,10+. The molecule has 0 aliphatic carbocycles. The molecule has 2 aliphatic rings. The minimum atomic E-state index is -0.514. The Bertz CT molecular complexity index is 494. The number of fused-ring (bicyclic) bond motifs is 1. The zero-order valence-corrected chi connectivity index (χ0v) is 10.9. The summed E-state index contributed by atoms with van der Waals surface area (Å²) >= 11 is 0. The van der Waals surface area contributed by atoms with Crippen molar-refractivity contribution in [3.8, 4) is 5.75 Å². The molecule has 1 amide bonds. The van der Waals surface area contributed by atoms with Crippen molar-refractivity contribution < 1.29 is 13.9 Å². The van der Waals surface area contributed by atoms with Gasteiger partial charge >= 0.3 is 0 Å². The van der Waals surface area contributed by atoms with E-state index in [1.165, 1.54) is 13.2 Å². The number of rotatable bonds is 2. The third-order valence-corrected chi connectivity index (χ3v) is 4.09. The lowest BCUT2D eigenvalue weighted by molar-refractivity contribution is 0.0773. The highest BCUT2D eigenvalue weighted by molar-refractivity contribution is 5.97. The highest BCUT2D eigenvalue weighted by Gasteiger charge is 2.39. The summed E-state index contributed by atoms with van der Waals surface area (Å²) in [6, 6.07) is 4.47. The van der Waals surface area contributed by atoms with E-state index in [9.17, 15) is 9.18 Å². The van der Waals surface area contributed by atoms with Crippen LogP contribution in [0.4, 0.5) is 4.39 Å². The molecule has 3 rings (SSSR count). The van der Waals surface area contributed by atoms with Crippen LogP contribution in [0, 0.1) is 17.7 Å². The molecule has 0 unspecified atom stereocenters. The molecule has 102 valence electrons. The zero-order chi connectivity index (χ0) is 13.4. The third kappa shape index (κ3) is 2.08. The Balaban J connectivity index is 1.85. The van der Waals surface area contributed by atoms with Gasteiger partial charge in [0.1, 0.15) is 17.1 Å². The smallest absolute Gasteiger partial charge is 0.260 e. The van der Waals surface area contributed by atoms with Crippen LogP contribution in [0.1, 0.15) is 10.4 Å². The molecule has 2 fully saturated rings. The number of hydrogen-bond donors (Lipinski definition) is 1. The van der Waals surface area contributed by atoms with Gasteiger partial charge in [-0.15, -0.1) is 0 Å². The van der Waals surface area contributed by atoms with Crippen LogP contribution in [0.25, 0.3) is 0 Å². The van der Waals surface area contributed by atoms with Gasteiger partial charge in [0, 0.05) is 26.2 Å². The molecule has 2 saturated heterocycles. The molecule has 1 aromatic rings. The second kappa shape index (κ2) is 4.81. The van der Waals surface area contributed by atoms with Crippen LogP contribution < -0.4 is 10.1 Å². The minimum absolute atomic E-state index is 0.0536. The van der Waals surface area contributed by atoms with E-state index in [1.807, 2.05) is 0 Å². The molecule has 1 N–H and O–H groups in total. The van der Waals surface area contributed by atoms with Gasteiger partial charge in [-0.2, -0.15) is 0 Å². The Hall–Kier alpha value is -1.62. The largest absolute Gasteiger partial charge is 0.496 e. The minimum Gasteiger partial charge on any atom is -0.496 e. The summed E-state index contributed by atoms with van der Waals surface area (Å²) in [6.45, 7) is 3.30. The van der Waals surface area contributed by atoms with Crippen molar-refractivity contribution in [1.29, 1.82) is 0 Å². The number of likely N-dealkylation sites (tertiary alicyclic amines) is 1. The average Bonchev–Trinajstić information content (AvgIpc) is 2.98. The van der Waals surface area contributed by atoms with Crippen molar-refractivity contribution in [3.05, 3.63) is 29.6 Å². The number of nitrogens with zero attached hydrogens (tertiary/aromatic N) is 1. The van der Waals surface area contributed by atoms with E-state index in [-0.39, 0.29) is 11.5 Å². The molecule has 2 heterocycles. The van der Waals surface area contributed by atoms with Gasteiger partial charge in [0.2, 0.25) is 0 Å². The number of carbonyl (C=O) groups is 1. The number of benzene rings is 1. The van der Waals surface area contributed by atoms with E-state index in [1.54, 1.807) is 17.0 Å². The normalized spacial score (nSPS) is 25.5. The number of hydrogen-bond acceptors (Lipinski definition) is 3. The molecule has 0 radical (unpaired) electrons. The summed E-state index contributed by atoms with van der Waals surface area (Å²) in [5.41, 5.74) is 0.0536. The van der Waals surface area contributed by atoms with Gasteiger partial charge in [-0.1, -0.05) is 6.07 Å². The lowest BCUT2D eigenvalue weighted by atomic mass is 10.0. The molecule has 0 bridgehead atoms. The van der Waals surface area contributed by atoms with Crippen LogP contribution >= 0.6 is 0 Å². The first-order valence-corrected chi connectivity index (χ1v) is 6.53. The molecular formula is C14H17FN2O2. The highest BCUT2D eigenvalue weighted by atomic mass is 19.1. The molecular weight excluding hydrogens is 247 g/mol. The second-order valence-electron chi connectivity index (χ2n) is 5.21. The van der Waals surface area contributed by atoms with Gasteiger partial charge in [0.05, 0.1) is 7.11 Å². The van der Waals surface area contributed by atoms with Gasteiger partial charge in [-0.25, -0.2) is 4.39 Å². The summed E-state index contributed by atoms with van der Waals surface area (Å²) in [4.78, 5) is 14.2. The van der Waals surface area contributed by atoms with Gasteiger partial charge < -0.3 is 15.0 Å². The van der Waals surface area contributed by atoms with E-state index < -0.39 is 5.82 Å². The molecule has 0 saturated carbocycles. The van der Waals surface area contributed by atoms with E-state index in [0.717, 1.165) is 13.1 Å². The number of nitrogens with one attached hydrogen (secondary N) is 1. The van der Waals surface area contributed by atoms with Crippen molar-refractivity contribution in [3.63, 3.8) is 0 Å². The molecule has 0 aromatic heterocycles.